The van der Waals surface area contributed by atoms with Crippen molar-refractivity contribution in [2.24, 2.45) is 0 Å². The Balaban J connectivity index is 2.15. The molecular formula is C20H13BrClF3N2O6S. The number of hydrogen-bond donors (Lipinski definition) is 0. The molecule has 3 rings (SSSR count). The van der Waals surface area contributed by atoms with Crippen LogP contribution in [0.25, 0.3) is 5.69 Å². The Morgan fingerprint density at radius 2 is 1.88 bits per heavy atom. The summed E-state index contributed by atoms with van der Waals surface area (Å²) in [5.74, 6) is -1.98. The molecule has 0 aliphatic rings. The summed E-state index contributed by atoms with van der Waals surface area (Å²) in [6.07, 6.45) is -4.86. The predicted octanol–water partition coefficient (Wildman–Crippen LogP) is 4.61. The Labute approximate surface area is 204 Å². The van der Waals surface area contributed by atoms with Gasteiger partial charge in [-0.3, -0.25) is 4.79 Å². The number of nitrogens with zero attached hydrogens (tertiary/aromatic N) is 2. The summed E-state index contributed by atoms with van der Waals surface area (Å²) in [6, 6.07) is 8.50. The van der Waals surface area contributed by atoms with Crippen LogP contribution in [0.2, 0.25) is 5.02 Å². The maximum absolute atomic E-state index is 13.1. The molecule has 0 saturated heterocycles. The molecule has 0 aliphatic carbocycles. The topological polar surface area (TPSA) is 105 Å². The molecular weight excluding hydrogens is 569 g/mol. The van der Waals surface area contributed by atoms with Crippen LogP contribution in [-0.2, 0) is 21.0 Å². The minimum Gasteiger partial charge on any atom is -0.461 e. The van der Waals surface area contributed by atoms with E-state index in [2.05, 4.69) is 21.0 Å². The summed E-state index contributed by atoms with van der Waals surface area (Å²) in [6.45, 7) is 1.35. The fraction of sp³-hybridized carbons (Fsp3) is 0.150. The zero-order valence-electron chi connectivity index (χ0n) is 17.0. The minimum absolute atomic E-state index is 0.123. The highest BCUT2D eigenvalue weighted by atomic mass is 79.9. The van der Waals surface area contributed by atoms with Crippen LogP contribution in [0.5, 0.6) is 5.75 Å². The van der Waals surface area contributed by atoms with E-state index in [-0.39, 0.29) is 18.4 Å². The standard InChI is InChI=1S/C20H13BrClF3N2O6S/c1-2-32-19(29)18-15(10-17(28)27(26-18)13-5-3-4-12(21)9-13)33-34(30,31)16-8-11(20(23,24)25)6-7-14(16)22/h3-10H,2H2,1H3. The molecule has 0 aliphatic heterocycles. The normalized spacial score (nSPS) is 11.8. The molecule has 0 fully saturated rings. The van der Waals surface area contributed by atoms with Crippen LogP contribution in [0.3, 0.4) is 0 Å². The summed E-state index contributed by atoms with van der Waals surface area (Å²) in [7, 11) is -5.03. The highest BCUT2D eigenvalue weighted by molar-refractivity contribution is 9.10. The van der Waals surface area contributed by atoms with Crippen molar-refractivity contribution in [2.75, 3.05) is 6.61 Å². The van der Waals surface area contributed by atoms with E-state index in [1.54, 1.807) is 12.1 Å². The van der Waals surface area contributed by atoms with E-state index in [4.69, 9.17) is 20.5 Å². The van der Waals surface area contributed by atoms with Crippen molar-refractivity contribution in [3.63, 3.8) is 0 Å². The number of alkyl halides is 3. The molecule has 0 radical (unpaired) electrons. The average molecular weight is 582 g/mol. The van der Waals surface area contributed by atoms with Gasteiger partial charge in [-0.2, -0.15) is 31.4 Å². The van der Waals surface area contributed by atoms with E-state index in [1.807, 2.05) is 0 Å². The predicted molar refractivity (Wildman–Crippen MR) is 118 cm³/mol. The highest BCUT2D eigenvalue weighted by Crippen LogP contribution is 2.34. The van der Waals surface area contributed by atoms with Crippen molar-refractivity contribution in [3.8, 4) is 11.4 Å². The van der Waals surface area contributed by atoms with Gasteiger partial charge >= 0.3 is 22.3 Å². The third-order valence-corrected chi connectivity index (χ3v) is 6.36. The monoisotopic (exact) mass is 580 g/mol. The highest BCUT2D eigenvalue weighted by Gasteiger charge is 2.34. The smallest absolute Gasteiger partial charge is 0.416 e. The Morgan fingerprint density at radius 1 is 1.18 bits per heavy atom. The van der Waals surface area contributed by atoms with Crippen LogP contribution < -0.4 is 9.74 Å². The van der Waals surface area contributed by atoms with Crippen molar-refractivity contribution < 1.29 is 35.3 Å². The van der Waals surface area contributed by atoms with Gasteiger partial charge in [0.15, 0.2) is 5.75 Å². The molecule has 0 bridgehead atoms. The fourth-order valence-electron chi connectivity index (χ4n) is 2.67. The van der Waals surface area contributed by atoms with Crippen LogP contribution in [0.15, 0.2) is 62.7 Å². The molecule has 3 aromatic rings. The number of hydrogen-bond acceptors (Lipinski definition) is 7. The Kier molecular flexibility index (Phi) is 7.38. The van der Waals surface area contributed by atoms with Crippen LogP contribution >= 0.6 is 27.5 Å². The summed E-state index contributed by atoms with van der Waals surface area (Å²) < 4.78 is 75.8. The van der Waals surface area contributed by atoms with Crippen LogP contribution in [0.4, 0.5) is 13.2 Å². The van der Waals surface area contributed by atoms with E-state index >= 15 is 0 Å². The maximum atomic E-state index is 13.1. The molecule has 0 N–H and O–H groups in total. The molecule has 8 nitrogen and oxygen atoms in total. The SMILES string of the molecule is CCOC(=O)c1nn(-c2cccc(Br)c2)c(=O)cc1OS(=O)(=O)c1cc(C(F)(F)F)ccc1Cl. The number of ether oxygens (including phenoxy) is 1. The molecule has 0 amide bonds. The molecule has 34 heavy (non-hydrogen) atoms. The number of esters is 1. The zero-order valence-corrected chi connectivity index (χ0v) is 20.1. The van der Waals surface area contributed by atoms with E-state index < -0.39 is 54.7 Å². The first-order valence-electron chi connectivity index (χ1n) is 9.22. The lowest BCUT2D eigenvalue weighted by molar-refractivity contribution is -0.137. The number of rotatable bonds is 6. The number of halogens is 5. The summed E-state index contributed by atoms with van der Waals surface area (Å²) in [4.78, 5) is 24.1. The molecule has 0 spiro atoms. The molecule has 0 saturated carbocycles. The summed E-state index contributed by atoms with van der Waals surface area (Å²) in [5.41, 5.74) is -2.67. The first kappa shape index (κ1) is 25.7. The van der Waals surface area contributed by atoms with Crippen LogP contribution in [0.1, 0.15) is 23.0 Å². The van der Waals surface area contributed by atoms with Gasteiger partial charge < -0.3 is 8.92 Å². The number of benzene rings is 2. The Hall–Kier alpha value is -2.90. The molecule has 2 aromatic carbocycles. The largest absolute Gasteiger partial charge is 0.461 e. The molecule has 1 aromatic heterocycles. The van der Waals surface area contributed by atoms with Crippen molar-refractivity contribution in [1.82, 2.24) is 9.78 Å². The summed E-state index contributed by atoms with van der Waals surface area (Å²) >= 11 is 9.03. The lowest BCUT2D eigenvalue weighted by atomic mass is 10.2. The lowest BCUT2D eigenvalue weighted by Gasteiger charge is -2.14. The van der Waals surface area contributed by atoms with Crippen LogP contribution in [-0.4, -0.2) is 30.8 Å². The van der Waals surface area contributed by atoms with Gasteiger partial charge in [-0.25, -0.2) is 4.79 Å². The van der Waals surface area contributed by atoms with Gasteiger partial charge in [-0.15, -0.1) is 0 Å². The van der Waals surface area contributed by atoms with Gasteiger partial charge in [0.25, 0.3) is 5.56 Å². The molecule has 14 heteroatoms. The zero-order chi connectivity index (χ0) is 25.3. The van der Waals surface area contributed by atoms with E-state index in [1.165, 1.54) is 19.1 Å². The molecule has 180 valence electrons. The van der Waals surface area contributed by atoms with Gasteiger partial charge in [0, 0.05) is 4.47 Å². The van der Waals surface area contributed by atoms with Crippen molar-refractivity contribution in [1.29, 1.82) is 0 Å². The molecule has 1 heterocycles. The Morgan fingerprint density at radius 3 is 2.50 bits per heavy atom. The third-order valence-electron chi connectivity index (χ3n) is 4.15. The second-order valence-corrected chi connectivity index (χ2v) is 9.33. The van der Waals surface area contributed by atoms with E-state index in [9.17, 15) is 31.2 Å². The van der Waals surface area contributed by atoms with Crippen molar-refractivity contribution in [2.45, 2.75) is 18.0 Å². The Bertz CT molecular complexity index is 1430. The second-order valence-electron chi connectivity index (χ2n) is 6.49. The van der Waals surface area contributed by atoms with Crippen molar-refractivity contribution in [3.05, 3.63) is 79.6 Å². The molecule has 0 unspecified atom stereocenters. The minimum atomic E-state index is -5.03. The van der Waals surface area contributed by atoms with E-state index in [0.717, 1.165) is 10.7 Å². The van der Waals surface area contributed by atoms with Gasteiger partial charge in [0.1, 0.15) is 4.90 Å². The number of aromatic nitrogens is 2. The second kappa shape index (κ2) is 9.76. The van der Waals surface area contributed by atoms with Crippen molar-refractivity contribution >= 4 is 43.6 Å². The first-order valence-corrected chi connectivity index (χ1v) is 11.8. The van der Waals surface area contributed by atoms with Gasteiger partial charge in [-0.05, 0) is 43.3 Å². The number of carbonyl (C=O) groups is 1. The van der Waals surface area contributed by atoms with Gasteiger partial charge in [0.05, 0.1) is 28.9 Å². The average Bonchev–Trinajstić information content (AvgIpc) is 2.73. The number of carbonyl (C=O) groups excluding carboxylic acids is 1. The maximum Gasteiger partial charge on any atom is 0.416 e. The third kappa shape index (κ3) is 5.59. The van der Waals surface area contributed by atoms with Gasteiger partial charge in [0.2, 0.25) is 5.69 Å². The fourth-order valence-corrected chi connectivity index (χ4v) is 4.49. The first-order chi connectivity index (χ1) is 15.8. The lowest BCUT2D eigenvalue weighted by Crippen LogP contribution is -2.26. The van der Waals surface area contributed by atoms with Gasteiger partial charge in [-0.1, -0.05) is 33.6 Å². The van der Waals surface area contributed by atoms with E-state index in [0.29, 0.717) is 16.6 Å². The molecule has 0 atom stereocenters. The summed E-state index contributed by atoms with van der Waals surface area (Å²) in [5, 5.41) is 3.30. The van der Waals surface area contributed by atoms with Crippen LogP contribution in [0, 0.1) is 0 Å². The quantitative estimate of drug-likeness (QED) is 0.309.